The van der Waals surface area contributed by atoms with Gasteiger partial charge in [-0.25, -0.2) is 8.42 Å². The summed E-state index contributed by atoms with van der Waals surface area (Å²) in [4.78, 5) is 2.35. The Hall–Kier alpha value is 0.200. The van der Waals surface area contributed by atoms with Gasteiger partial charge < -0.3 is 4.90 Å². The second-order valence-electron chi connectivity index (χ2n) is 4.63. The first-order chi connectivity index (χ1) is 6.88. The van der Waals surface area contributed by atoms with Gasteiger partial charge in [-0.3, -0.25) is 0 Å². The summed E-state index contributed by atoms with van der Waals surface area (Å²) in [6.07, 6.45) is 3.30. The summed E-state index contributed by atoms with van der Waals surface area (Å²) in [7, 11) is 1.86. The van der Waals surface area contributed by atoms with E-state index in [0.29, 0.717) is 12.5 Å². The second kappa shape index (κ2) is 5.51. The molecule has 0 N–H and O–H groups in total. The van der Waals surface area contributed by atoms with Gasteiger partial charge in [0.25, 0.3) is 0 Å². The smallest absolute Gasteiger partial charge is 0.232 e. The van der Waals surface area contributed by atoms with Crippen LogP contribution < -0.4 is 0 Å². The molecule has 3 nitrogen and oxygen atoms in total. The van der Waals surface area contributed by atoms with Crippen molar-refractivity contribution in [3.05, 3.63) is 0 Å². The van der Waals surface area contributed by atoms with Gasteiger partial charge in [0.2, 0.25) is 9.05 Å². The van der Waals surface area contributed by atoms with Crippen LogP contribution in [0.4, 0.5) is 0 Å². The first kappa shape index (κ1) is 13.3. The summed E-state index contributed by atoms with van der Waals surface area (Å²) >= 11 is 0. The maximum Gasteiger partial charge on any atom is 0.232 e. The van der Waals surface area contributed by atoms with Gasteiger partial charge in [0, 0.05) is 23.3 Å². The lowest BCUT2D eigenvalue weighted by molar-refractivity contribution is 0.213. The maximum atomic E-state index is 10.8. The number of halogens is 1. The maximum absolute atomic E-state index is 10.8. The van der Waals surface area contributed by atoms with E-state index in [2.05, 4.69) is 18.7 Å². The van der Waals surface area contributed by atoms with Gasteiger partial charge in [0.05, 0.1) is 5.75 Å². The van der Waals surface area contributed by atoms with Crippen LogP contribution in [0, 0.1) is 5.92 Å². The minimum absolute atomic E-state index is 0.0858. The second-order valence-corrected chi connectivity index (χ2v) is 7.53. The van der Waals surface area contributed by atoms with Crippen LogP contribution in [0.25, 0.3) is 0 Å². The number of nitrogens with zero attached hydrogens (tertiary/aromatic N) is 1. The molecule has 1 aliphatic carbocycles. The van der Waals surface area contributed by atoms with E-state index < -0.39 is 9.05 Å². The van der Waals surface area contributed by atoms with E-state index in [1.165, 1.54) is 12.8 Å². The molecule has 0 spiro atoms. The zero-order chi connectivity index (χ0) is 11.5. The molecule has 0 aliphatic heterocycles. The quantitative estimate of drug-likeness (QED) is 0.652. The van der Waals surface area contributed by atoms with Crippen LogP contribution in [-0.4, -0.2) is 38.2 Å². The van der Waals surface area contributed by atoms with Gasteiger partial charge in [-0.1, -0.05) is 0 Å². The zero-order valence-corrected chi connectivity index (χ0v) is 11.0. The highest BCUT2D eigenvalue weighted by molar-refractivity contribution is 8.13. The molecule has 1 rings (SSSR count). The highest BCUT2D eigenvalue weighted by Gasteiger charge is 2.25. The van der Waals surface area contributed by atoms with Crippen LogP contribution in [0.5, 0.6) is 0 Å². The van der Waals surface area contributed by atoms with Gasteiger partial charge in [0.1, 0.15) is 0 Å². The van der Waals surface area contributed by atoms with Gasteiger partial charge >= 0.3 is 0 Å². The number of hydrogen-bond acceptors (Lipinski definition) is 3. The van der Waals surface area contributed by atoms with Crippen LogP contribution in [0.1, 0.15) is 33.1 Å². The standard InChI is InChI=1S/C10H20ClNO2S/c1-9(2)12(8-10-4-5-10)6-3-7-15(11,13)14/h9-10H,3-8H2,1-2H3. The van der Waals surface area contributed by atoms with Crippen molar-refractivity contribution in [1.29, 1.82) is 0 Å². The van der Waals surface area contributed by atoms with Crippen LogP contribution in [0.3, 0.4) is 0 Å². The monoisotopic (exact) mass is 253 g/mol. The Bertz CT molecular complexity index is 286. The average molecular weight is 254 g/mol. The minimum atomic E-state index is -3.31. The summed E-state index contributed by atoms with van der Waals surface area (Å²) in [5.74, 6) is 0.933. The van der Waals surface area contributed by atoms with E-state index in [1.807, 2.05) is 0 Å². The summed E-state index contributed by atoms with van der Waals surface area (Å²) in [5, 5.41) is 0. The Kier molecular flexibility index (Phi) is 4.87. The van der Waals surface area contributed by atoms with E-state index in [1.54, 1.807) is 0 Å². The molecule has 0 aromatic carbocycles. The molecule has 0 aromatic rings. The molecule has 0 radical (unpaired) electrons. The Labute approximate surface area is 97.2 Å². The van der Waals surface area contributed by atoms with Crippen molar-refractivity contribution in [2.24, 2.45) is 5.92 Å². The Balaban J connectivity index is 2.24. The molecule has 1 fully saturated rings. The van der Waals surface area contributed by atoms with Gasteiger partial charge in [-0.15, -0.1) is 0 Å². The topological polar surface area (TPSA) is 37.4 Å². The molecular weight excluding hydrogens is 234 g/mol. The van der Waals surface area contributed by atoms with E-state index in [-0.39, 0.29) is 5.75 Å². The van der Waals surface area contributed by atoms with E-state index in [0.717, 1.165) is 19.0 Å². The summed E-state index contributed by atoms with van der Waals surface area (Å²) in [6, 6.07) is 0.489. The molecule has 1 saturated carbocycles. The Morgan fingerprint density at radius 3 is 2.40 bits per heavy atom. The lowest BCUT2D eigenvalue weighted by Gasteiger charge is -2.26. The molecule has 1 aliphatic rings. The highest BCUT2D eigenvalue weighted by atomic mass is 35.7. The van der Waals surface area contributed by atoms with Crippen LogP contribution >= 0.6 is 10.7 Å². The minimum Gasteiger partial charge on any atom is -0.301 e. The molecular formula is C10H20ClNO2S. The molecule has 0 atom stereocenters. The van der Waals surface area contributed by atoms with E-state index in [9.17, 15) is 8.42 Å². The largest absolute Gasteiger partial charge is 0.301 e. The molecule has 90 valence electrons. The zero-order valence-electron chi connectivity index (χ0n) is 9.45. The van der Waals surface area contributed by atoms with E-state index in [4.69, 9.17) is 10.7 Å². The molecule has 0 aromatic heterocycles. The third-order valence-corrected chi connectivity index (χ3v) is 3.99. The van der Waals surface area contributed by atoms with Crippen molar-refractivity contribution in [2.75, 3.05) is 18.8 Å². The normalized spacial score (nSPS) is 17.7. The van der Waals surface area contributed by atoms with Crippen molar-refractivity contribution in [3.8, 4) is 0 Å². The lowest BCUT2D eigenvalue weighted by Crippen LogP contribution is -2.34. The van der Waals surface area contributed by atoms with Crippen molar-refractivity contribution >= 4 is 19.7 Å². The molecule has 0 amide bonds. The Morgan fingerprint density at radius 1 is 1.40 bits per heavy atom. The van der Waals surface area contributed by atoms with Crippen LogP contribution in [0.15, 0.2) is 0 Å². The highest BCUT2D eigenvalue weighted by Crippen LogP contribution is 2.30. The predicted molar refractivity (Wildman–Crippen MR) is 63.7 cm³/mol. The fourth-order valence-electron chi connectivity index (χ4n) is 1.63. The van der Waals surface area contributed by atoms with Crippen molar-refractivity contribution in [2.45, 2.75) is 39.2 Å². The van der Waals surface area contributed by atoms with E-state index >= 15 is 0 Å². The predicted octanol–water partition coefficient (Wildman–Crippen LogP) is 2.07. The average Bonchev–Trinajstić information content (AvgIpc) is 2.83. The third kappa shape index (κ3) is 6.38. The number of rotatable bonds is 7. The fourth-order valence-corrected chi connectivity index (χ4v) is 2.43. The third-order valence-electron chi connectivity index (χ3n) is 2.75. The van der Waals surface area contributed by atoms with Crippen molar-refractivity contribution in [1.82, 2.24) is 4.90 Å². The summed E-state index contributed by atoms with van der Waals surface area (Å²) in [5.41, 5.74) is 0. The fraction of sp³-hybridized carbons (Fsp3) is 1.00. The molecule has 0 heterocycles. The van der Waals surface area contributed by atoms with Crippen molar-refractivity contribution in [3.63, 3.8) is 0 Å². The molecule has 0 saturated heterocycles. The molecule has 15 heavy (non-hydrogen) atoms. The number of hydrogen-bond donors (Lipinski definition) is 0. The van der Waals surface area contributed by atoms with Gasteiger partial charge in [-0.05, 0) is 45.6 Å². The van der Waals surface area contributed by atoms with Crippen molar-refractivity contribution < 1.29 is 8.42 Å². The molecule has 5 heteroatoms. The first-order valence-corrected chi connectivity index (χ1v) is 8.02. The Morgan fingerprint density at radius 2 is 2.00 bits per heavy atom. The summed E-state index contributed by atoms with van der Waals surface area (Å²) in [6.45, 7) is 6.25. The molecule has 0 bridgehead atoms. The van der Waals surface area contributed by atoms with Gasteiger partial charge in [0.15, 0.2) is 0 Å². The van der Waals surface area contributed by atoms with Gasteiger partial charge in [-0.2, -0.15) is 0 Å². The SMILES string of the molecule is CC(C)N(CCCS(=O)(=O)Cl)CC1CC1. The van der Waals surface area contributed by atoms with Crippen LogP contribution in [0.2, 0.25) is 0 Å². The lowest BCUT2D eigenvalue weighted by atomic mass is 10.2. The van der Waals surface area contributed by atoms with Crippen LogP contribution in [-0.2, 0) is 9.05 Å². The first-order valence-electron chi connectivity index (χ1n) is 5.55. The molecule has 0 unspecified atom stereocenters. The summed E-state index contributed by atoms with van der Waals surface area (Å²) < 4.78 is 21.5.